The molecule has 2 atom stereocenters. The average Bonchev–Trinajstić information content (AvgIpc) is 2.70. The zero-order valence-electron chi connectivity index (χ0n) is 15.6. The lowest BCUT2D eigenvalue weighted by Crippen LogP contribution is -2.17. The van der Waals surface area contributed by atoms with Crippen LogP contribution in [0.2, 0.25) is 0 Å². The summed E-state index contributed by atoms with van der Waals surface area (Å²) in [4.78, 5) is 0. The Bertz CT molecular complexity index is 524. The second kappa shape index (κ2) is 12.6. The Labute approximate surface area is 157 Å². The van der Waals surface area contributed by atoms with Gasteiger partial charge in [0, 0.05) is 13.2 Å². The molecule has 0 aliphatic carbocycles. The summed E-state index contributed by atoms with van der Waals surface area (Å²) in [6.07, 6.45) is 4.42. The van der Waals surface area contributed by atoms with Gasteiger partial charge in [-0.2, -0.15) is 0 Å². The molecule has 0 unspecified atom stereocenters. The molecule has 4 N–H and O–H groups in total. The fourth-order valence-corrected chi connectivity index (χ4v) is 2.78. The van der Waals surface area contributed by atoms with Crippen molar-refractivity contribution in [3.8, 4) is 0 Å². The molecule has 4 heteroatoms. The summed E-state index contributed by atoms with van der Waals surface area (Å²) in [6, 6.07) is 20.1. The lowest BCUT2D eigenvalue weighted by Gasteiger charge is -2.13. The van der Waals surface area contributed by atoms with Crippen LogP contribution in [0.5, 0.6) is 0 Å². The zero-order valence-corrected chi connectivity index (χ0v) is 15.6. The second-order valence-electron chi connectivity index (χ2n) is 6.60. The number of hydrogen-bond acceptors (Lipinski definition) is 4. The molecule has 0 fully saturated rings. The molecule has 26 heavy (non-hydrogen) atoms. The van der Waals surface area contributed by atoms with Crippen molar-refractivity contribution in [1.82, 2.24) is 0 Å². The van der Waals surface area contributed by atoms with Crippen molar-refractivity contribution in [3.05, 3.63) is 71.8 Å². The molecule has 0 heterocycles. The van der Waals surface area contributed by atoms with Gasteiger partial charge in [-0.15, -0.1) is 0 Å². The first kappa shape index (κ1) is 20.6. The van der Waals surface area contributed by atoms with Crippen LogP contribution in [0.25, 0.3) is 0 Å². The minimum atomic E-state index is -0.0431. The highest BCUT2D eigenvalue weighted by Crippen LogP contribution is 2.11. The van der Waals surface area contributed by atoms with E-state index in [0.29, 0.717) is 13.2 Å². The Balaban J connectivity index is 1.40. The van der Waals surface area contributed by atoms with Crippen LogP contribution >= 0.6 is 0 Å². The highest BCUT2D eigenvalue weighted by atomic mass is 16.5. The fourth-order valence-electron chi connectivity index (χ4n) is 2.78. The van der Waals surface area contributed by atoms with Crippen molar-refractivity contribution < 1.29 is 9.47 Å². The molecule has 0 bridgehead atoms. The van der Waals surface area contributed by atoms with Crippen LogP contribution < -0.4 is 11.5 Å². The van der Waals surface area contributed by atoms with Crippen molar-refractivity contribution in [1.29, 1.82) is 0 Å². The van der Waals surface area contributed by atoms with Crippen LogP contribution in [0.4, 0.5) is 0 Å². The highest BCUT2D eigenvalue weighted by molar-refractivity contribution is 5.19. The third-order valence-corrected chi connectivity index (χ3v) is 4.38. The number of nitrogens with two attached hydrogens (primary N) is 2. The standard InChI is InChI=1S/C22H32N2O2/c23-21(19-11-5-3-6-12-19)17-25-15-9-1-2-10-16-26-18-22(24)20-13-7-4-8-14-20/h3-8,11-14,21-22H,1-2,9-10,15-18,23-24H2/t21-,22-/m1/s1. The van der Waals surface area contributed by atoms with Gasteiger partial charge in [-0.3, -0.25) is 0 Å². The first-order chi connectivity index (χ1) is 12.8. The Morgan fingerprint density at radius 2 is 0.962 bits per heavy atom. The van der Waals surface area contributed by atoms with E-state index in [9.17, 15) is 0 Å². The van der Waals surface area contributed by atoms with E-state index in [0.717, 1.165) is 50.0 Å². The van der Waals surface area contributed by atoms with E-state index in [1.807, 2.05) is 60.7 Å². The summed E-state index contributed by atoms with van der Waals surface area (Å²) in [7, 11) is 0. The van der Waals surface area contributed by atoms with E-state index < -0.39 is 0 Å². The van der Waals surface area contributed by atoms with Crippen LogP contribution in [0.1, 0.15) is 48.9 Å². The van der Waals surface area contributed by atoms with E-state index in [-0.39, 0.29) is 12.1 Å². The molecular weight excluding hydrogens is 324 g/mol. The van der Waals surface area contributed by atoms with E-state index in [1.54, 1.807) is 0 Å². The third kappa shape index (κ3) is 8.11. The van der Waals surface area contributed by atoms with Crippen LogP contribution in [0.15, 0.2) is 60.7 Å². The van der Waals surface area contributed by atoms with Crippen molar-refractivity contribution in [3.63, 3.8) is 0 Å². The second-order valence-corrected chi connectivity index (χ2v) is 6.60. The van der Waals surface area contributed by atoms with Gasteiger partial charge in [0.15, 0.2) is 0 Å². The molecule has 4 nitrogen and oxygen atoms in total. The van der Waals surface area contributed by atoms with E-state index in [1.165, 1.54) is 0 Å². The number of rotatable bonds is 13. The van der Waals surface area contributed by atoms with E-state index in [2.05, 4.69) is 0 Å². The summed E-state index contributed by atoms with van der Waals surface area (Å²) < 4.78 is 11.4. The van der Waals surface area contributed by atoms with Crippen LogP contribution in [-0.4, -0.2) is 26.4 Å². The minimum Gasteiger partial charge on any atom is -0.379 e. The molecule has 142 valence electrons. The van der Waals surface area contributed by atoms with Gasteiger partial charge in [-0.25, -0.2) is 0 Å². The van der Waals surface area contributed by atoms with Crippen molar-refractivity contribution >= 4 is 0 Å². The summed E-state index contributed by atoms with van der Waals surface area (Å²) in [5.41, 5.74) is 14.5. The maximum absolute atomic E-state index is 6.11. The Morgan fingerprint density at radius 1 is 0.577 bits per heavy atom. The van der Waals surface area contributed by atoms with Gasteiger partial charge >= 0.3 is 0 Å². The van der Waals surface area contributed by atoms with Crippen molar-refractivity contribution in [2.45, 2.75) is 37.8 Å². The molecule has 0 saturated carbocycles. The largest absolute Gasteiger partial charge is 0.379 e. The topological polar surface area (TPSA) is 70.5 Å². The van der Waals surface area contributed by atoms with Gasteiger partial charge in [0.2, 0.25) is 0 Å². The van der Waals surface area contributed by atoms with Gasteiger partial charge in [-0.1, -0.05) is 73.5 Å². The molecule has 0 spiro atoms. The lowest BCUT2D eigenvalue weighted by atomic mass is 10.1. The number of hydrogen-bond donors (Lipinski definition) is 2. The SMILES string of the molecule is N[C@H](COCCCCCCOC[C@@H](N)c1ccccc1)c1ccccc1. The lowest BCUT2D eigenvalue weighted by molar-refractivity contribution is 0.109. The quantitative estimate of drug-likeness (QED) is 0.533. The monoisotopic (exact) mass is 356 g/mol. The molecule has 2 rings (SSSR count). The van der Waals surface area contributed by atoms with E-state index in [4.69, 9.17) is 20.9 Å². The van der Waals surface area contributed by atoms with Gasteiger partial charge in [0.1, 0.15) is 0 Å². The first-order valence-electron chi connectivity index (χ1n) is 9.54. The van der Waals surface area contributed by atoms with Gasteiger partial charge in [0.05, 0.1) is 25.3 Å². The normalized spacial score (nSPS) is 13.5. The summed E-state index contributed by atoms with van der Waals surface area (Å²) in [6.45, 7) is 2.68. The molecule has 0 saturated heterocycles. The third-order valence-electron chi connectivity index (χ3n) is 4.38. The summed E-state index contributed by atoms with van der Waals surface area (Å²) in [5, 5.41) is 0. The van der Waals surface area contributed by atoms with Gasteiger partial charge in [0.25, 0.3) is 0 Å². The summed E-state index contributed by atoms with van der Waals surface area (Å²) >= 11 is 0. The Kier molecular flexibility index (Phi) is 9.98. The molecule has 0 aliphatic heterocycles. The maximum atomic E-state index is 6.11. The Hall–Kier alpha value is -1.72. The number of benzene rings is 2. The zero-order chi connectivity index (χ0) is 18.5. The van der Waals surface area contributed by atoms with Crippen molar-refractivity contribution in [2.24, 2.45) is 11.5 Å². The number of unbranched alkanes of at least 4 members (excludes halogenated alkanes) is 3. The van der Waals surface area contributed by atoms with Crippen LogP contribution in [0.3, 0.4) is 0 Å². The average molecular weight is 357 g/mol. The minimum absolute atomic E-state index is 0.0431. The Morgan fingerprint density at radius 3 is 1.35 bits per heavy atom. The molecule has 2 aromatic rings. The van der Waals surface area contributed by atoms with Crippen molar-refractivity contribution in [2.75, 3.05) is 26.4 Å². The highest BCUT2D eigenvalue weighted by Gasteiger charge is 2.05. The predicted octanol–water partition coefficient (Wildman–Crippen LogP) is 3.98. The fraction of sp³-hybridized carbons (Fsp3) is 0.455. The van der Waals surface area contributed by atoms with Gasteiger partial charge in [-0.05, 0) is 24.0 Å². The predicted molar refractivity (Wildman–Crippen MR) is 107 cm³/mol. The maximum Gasteiger partial charge on any atom is 0.0659 e. The number of ether oxygens (including phenoxy) is 2. The molecule has 0 radical (unpaired) electrons. The van der Waals surface area contributed by atoms with E-state index >= 15 is 0 Å². The molecule has 2 aromatic carbocycles. The van der Waals surface area contributed by atoms with Gasteiger partial charge < -0.3 is 20.9 Å². The smallest absolute Gasteiger partial charge is 0.0659 e. The molecule has 0 amide bonds. The molecule has 0 aromatic heterocycles. The van der Waals surface area contributed by atoms with Crippen LogP contribution in [-0.2, 0) is 9.47 Å². The molecule has 0 aliphatic rings. The van der Waals surface area contributed by atoms with Crippen LogP contribution in [0, 0.1) is 0 Å². The molecular formula is C22H32N2O2. The first-order valence-corrected chi connectivity index (χ1v) is 9.54. The summed E-state index contributed by atoms with van der Waals surface area (Å²) in [5.74, 6) is 0.